The molecule has 0 radical (unpaired) electrons. The van der Waals surface area contributed by atoms with E-state index in [9.17, 15) is 29.9 Å². The largest absolute Gasteiger partial charge is 0.478 e. The first-order valence-electron chi connectivity index (χ1n) is 8.62. The van der Waals surface area contributed by atoms with Crippen molar-refractivity contribution in [2.75, 3.05) is 10.6 Å². The smallest absolute Gasteiger partial charge is 0.337 e. The Hall–Kier alpha value is -4.47. The summed E-state index contributed by atoms with van der Waals surface area (Å²) in [6.07, 6.45) is 0. The maximum Gasteiger partial charge on any atom is 0.337 e. The highest BCUT2D eigenvalue weighted by Gasteiger charge is 2.22. The lowest BCUT2D eigenvalue weighted by Crippen LogP contribution is -2.08. The zero-order chi connectivity index (χ0) is 21.8. The second-order valence-corrected chi connectivity index (χ2v) is 6.20. The van der Waals surface area contributed by atoms with Crippen LogP contribution in [0.3, 0.4) is 0 Å². The number of aryl methyl sites for hydroxylation is 1. The molecule has 0 unspecified atom stereocenters. The summed E-state index contributed by atoms with van der Waals surface area (Å²) in [6, 6.07) is 13.5. The number of hydrogen-bond acceptors (Lipinski definition) is 7. The van der Waals surface area contributed by atoms with Crippen LogP contribution in [-0.2, 0) is 0 Å². The number of benzene rings is 2. The summed E-state index contributed by atoms with van der Waals surface area (Å²) in [7, 11) is 0. The average Bonchev–Trinajstić information content (AvgIpc) is 2.68. The molecule has 4 N–H and O–H groups in total. The van der Waals surface area contributed by atoms with Crippen LogP contribution in [0.1, 0.15) is 26.4 Å². The molecule has 1 heterocycles. The topological polar surface area (TPSA) is 155 Å². The molecule has 0 aliphatic carbocycles. The zero-order valence-corrected chi connectivity index (χ0v) is 15.6. The fraction of sp³-hybridized carbons (Fsp3) is 0.0500. The van der Waals surface area contributed by atoms with Crippen LogP contribution in [0.4, 0.5) is 28.6 Å². The van der Waals surface area contributed by atoms with Crippen molar-refractivity contribution in [2.24, 2.45) is 0 Å². The van der Waals surface area contributed by atoms with Gasteiger partial charge in [-0.3, -0.25) is 10.1 Å². The fourth-order valence-electron chi connectivity index (χ4n) is 2.90. The Labute approximate surface area is 170 Å². The van der Waals surface area contributed by atoms with Gasteiger partial charge in [0.15, 0.2) is 0 Å². The predicted molar refractivity (Wildman–Crippen MR) is 109 cm³/mol. The number of rotatable bonds is 7. The second kappa shape index (κ2) is 8.27. The summed E-state index contributed by atoms with van der Waals surface area (Å²) in [5.41, 5.74) is 0.100. The Morgan fingerprint density at radius 1 is 0.900 bits per heavy atom. The van der Waals surface area contributed by atoms with Gasteiger partial charge in [-0.25, -0.2) is 14.6 Å². The van der Waals surface area contributed by atoms with E-state index in [1.165, 1.54) is 43.3 Å². The minimum absolute atomic E-state index is 0.000961. The molecule has 0 amide bonds. The third-order valence-corrected chi connectivity index (χ3v) is 4.20. The average molecular weight is 408 g/mol. The third kappa shape index (κ3) is 4.17. The maximum absolute atomic E-state index is 11.6. The number of pyridine rings is 1. The number of anilines is 4. The van der Waals surface area contributed by atoms with Crippen LogP contribution in [0.2, 0.25) is 0 Å². The van der Waals surface area contributed by atoms with Crippen LogP contribution < -0.4 is 10.6 Å². The van der Waals surface area contributed by atoms with Crippen LogP contribution in [0.5, 0.6) is 0 Å². The molecule has 1 aromatic heterocycles. The number of carboxylic acid groups (broad SMARTS) is 2. The Balaban J connectivity index is 2.08. The number of hydrogen-bond donors (Lipinski definition) is 4. The van der Waals surface area contributed by atoms with Gasteiger partial charge in [0, 0.05) is 6.07 Å². The molecular weight excluding hydrogens is 392 g/mol. The summed E-state index contributed by atoms with van der Waals surface area (Å²) >= 11 is 0. The van der Waals surface area contributed by atoms with E-state index in [0.717, 1.165) is 0 Å². The quantitative estimate of drug-likeness (QED) is 0.333. The number of para-hydroxylation sites is 2. The van der Waals surface area contributed by atoms with Gasteiger partial charge >= 0.3 is 17.6 Å². The minimum Gasteiger partial charge on any atom is -0.478 e. The number of nitrogens with one attached hydrogen (secondary N) is 2. The molecule has 0 saturated heterocycles. The van der Waals surface area contributed by atoms with Gasteiger partial charge in [0.25, 0.3) is 0 Å². The number of nitrogens with zero attached hydrogens (tertiary/aromatic N) is 2. The van der Waals surface area contributed by atoms with E-state index in [1.807, 2.05) is 0 Å². The van der Waals surface area contributed by atoms with E-state index < -0.39 is 16.9 Å². The molecule has 10 nitrogen and oxygen atoms in total. The number of aromatic nitrogens is 1. The van der Waals surface area contributed by atoms with Crippen LogP contribution in [-0.4, -0.2) is 32.1 Å². The summed E-state index contributed by atoms with van der Waals surface area (Å²) in [5, 5.41) is 35.9. The molecule has 0 bridgehead atoms. The van der Waals surface area contributed by atoms with Gasteiger partial charge in [0.2, 0.25) is 0 Å². The van der Waals surface area contributed by atoms with E-state index in [2.05, 4.69) is 15.6 Å². The molecule has 0 saturated carbocycles. The number of carbonyl (C=O) groups is 2. The van der Waals surface area contributed by atoms with E-state index in [4.69, 9.17) is 0 Å². The van der Waals surface area contributed by atoms with Crippen LogP contribution in [0.25, 0.3) is 0 Å². The van der Waals surface area contributed by atoms with E-state index >= 15 is 0 Å². The van der Waals surface area contributed by atoms with Crippen molar-refractivity contribution >= 4 is 40.5 Å². The highest BCUT2D eigenvalue weighted by atomic mass is 16.6. The molecule has 0 aliphatic heterocycles. The first kappa shape index (κ1) is 20.3. The minimum atomic E-state index is -1.19. The number of nitro groups is 1. The monoisotopic (exact) mass is 408 g/mol. The second-order valence-electron chi connectivity index (χ2n) is 6.20. The van der Waals surface area contributed by atoms with Crippen molar-refractivity contribution < 1.29 is 24.7 Å². The van der Waals surface area contributed by atoms with Gasteiger partial charge in [-0.1, -0.05) is 24.3 Å². The summed E-state index contributed by atoms with van der Waals surface area (Å²) < 4.78 is 0. The van der Waals surface area contributed by atoms with Gasteiger partial charge in [0.1, 0.15) is 17.2 Å². The van der Waals surface area contributed by atoms with Crippen LogP contribution in [0, 0.1) is 17.0 Å². The lowest BCUT2D eigenvalue weighted by molar-refractivity contribution is -0.384. The van der Waals surface area contributed by atoms with E-state index in [1.54, 1.807) is 18.2 Å². The molecule has 0 aliphatic rings. The first-order valence-corrected chi connectivity index (χ1v) is 8.62. The molecule has 3 rings (SSSR count). The molecule has 3 aromatic rings. The molecule has 0 atom stereocenters. The van der Waals surface area contributed by atoms with Gasteiger partial charge in [-0.15, -0.1) is 0 Å². The summed E-state index contributed by atoms with van der Waals surface area (Å²) in [4.78, 5) is 38.0. The summed E-state index contributed by atoms with van der Waals surface area (Å²) in [5.74, 6) is -2.19. The van der Waals surface area contributed by atoms with E-state index in [-0.39, 0.29) is 45.4 Å². The van der Waals surface area contributed by atoms with Crippen molar-refractivity contribution in [3.05, 3.63) is 81.5 Å². The van der Waals surface area contributed by atoms with E-state index in [0.29, 0.717) is 0 Å². The molecule has 0 spiro atoms. The van der Waals surface area contributed by atoms with Crippen molar-refractivity contribution in [1.82, 2.24) is 4.98 Å². The molecule has 2 aromatic carbocycles. The predicted octanol–water partition coefficient (Wildman–Crippen LogP) is 4.18. The van der Waals surface area contributed by atoms with Crippen molar-refractivity contribution in [2.45, 2.75) is 6.92 Å². The Kier molecular flexibility index (Phi) is 5.59. The lowest BCUT2D eigenvalue weighted by Gasteiger charge is -2.14. The zero-order valence-electron chi connectivity index (χ0n) is 15.6. The third-order valence-electron chi connectivity index (χ3n) is 4.20. The van der Waals surface area contributed by atoms with Gasteiger partial charge in [-0.05, 0) is 31.2 Å². The normalized spacial score (nSPS) is 10.3. The lowest BCUT2D eigenvalue weighted by atomic mass is 10.1. The molecule has 30 heavy (non-hydrogen) atoms. The van der Waals surface area contributed by atoms with Crippen molar-refractivity contribution in [1.29, 1.82) is 0 Å². The van der Waals surface area contributed by atoms with Crippen molar-refractivity contribution in [3.63, 3.8) is 0 Å². The van der Waals surface area contributed by atoms with Crippen LogP contribution >= 0.6 is 0 Å². The molecule has 0 fully saturated rings. The SMILES string of the molecule is Cc1nc(Nc2ccccc2C(=O)O)cc(Nc2ccccc2C(=O)O)c1[N+](=O)[O-]. The number of carboxylic acids is 2. The van der Waals surface area contributed by atoms with Gasteiger partial charge in [0.05, 0.1) is 27.4 Å². The molecule has 152 valence electrons. The standard InChI is InChI=1S/C20H16N4O6/c1-11-18(24(29)30)16(22-14-8-4-2-6-12(14)19(25)26)10-17(21-11)23-15-9-5-3-7-13(15)20(27)28/h2-10H,1H3,(H,25,26)(H,27,28)(H2,21,22,23). The first-order chi connectivity index (χ1) is 14.3. The maximum atomic E-state index is 11.6. The Bertz CT molecular complexity index is 1160. The summed E-state index contributed by atoms with van der Waals surface area (Å²) in [6.45, 7) is 1.43. The van der Waals surface area contributed by atoms with Crippen molar-refractivity contribution in [3.8, 4) is 0 Å². The van der Waals surface area contributed by atoms with Gasteiger partial charge < -0.3 is 20.8 Å². The molecular formula is C20H16N4O6. The Morgan fingerprint density at radius 2 is 1.40 bits per heavy atom. The highest BCUT2D eigenvalue weighted by molar-refractivity contribution is 5.96. The molecule has 10 heteroatoms. The fourth-order valence-corrected chi connectivity index (χ4v) is 2.90. The Morgan fingerprint density at radius 3 is 1.90 bits per heavy atom. The van der Waals surface area contributed by atoms with Crippen LogP contribution in [0.15, 0.2) is 54.6 Å². The highest BCUT2D eigenvalue weighted by Crippen LogP contribution is 2.34. The van der Waals surface area contributed by atoms with Gasteiger partial charge in [-0.2, -0.15) is 0 Å². The number of aromatic carboxylic acids is 2.